The van der Waals surface area contributed by atoms with Gasteiger partial charge in [0.25, 0.3) is 5.56 Å². The number of carbonyl (C=O) groups is 1. The Morgan fingerprint density at radius 2 is 2.00 bits per heavy atom. The van der Waals surface area contributed by atoms with Gasteiger partial charge in [-0.15, -0.1) is 11.3 Å². The molecule has 0 aliphatic rings. The molecule has 24 heavy (non-hydrogen) atoms. The van der Waals surface area contributed by atoms with Gasteiger partial charge >= 0.3 is 0 Å². The smallest absolute Gasteiger partial charge is 0.291 e. The lowest BCUT2D eigenvalue weighted by Crippen LogP contribution is -2.35. The molecule has 1 amide bonds. The van der Waals surface area contributed by atoms with Gasteiger partial charge in [0, 0.05) is 17.8 Å². The van der Waals surface area contributed by atoms with Crippen molar-refractivity contribution in [2.45, 2.75) is 46.6 Å². The Balaban J connectivity index is 2.11. The second kappa shape index (κ2) is 6.76. The Hall–Kier alpha value is -2.15. The minimum absolute atomic E-state index is 0.0403. The lowest BCUT2D eigenvalue weighted by Gasteiger charge is -2.10. The molecule has 1 N–H and O–H groups in total. The number of hydrogen-bond acceptors (Lipinski definition) is 4. The van der Waals surface area contributed by atoms with Crippen LogP contribution in [-0.2, 0) is 24.2 Å². The molecule has 0 bridgehead atoms. The Morgan fingerprint density at radius 1 is 1.21 bits per heavy atom. The fourth-order valence-corrected chi connectivity index (χ4v) is 3.83. The highest BCUT2D eigenvalue weighted by molar-refractivity contribution is 7.19. The molecule has 3 aromatic heterocycles. The molecule has 0 spiro atoms. The monoisotopic (exact) mass is 346 g/mol. The van der Waals surface area contributed by atoms with Gasteiger partial charge in [0.2, 0.25) is 5.91 Å². The van der Waals surface area contributed by atoms with Gasteiger partial charge in [-0.3, -0.25) is 14.0 Å². The second-order valence-electron chi connectivity index (χ2n) is 5.76. The Labute approximate surface area is 144 Å². The maximum absolute atomic E-state index is 12.7. The zero-order valence-corrected chi connectivity index (χ0v) is 15.1. The third-order valence-corrected chi connectivity index (χ3v) is 5.23. The topological polar surface area (TPSA) is 68.4 Å². The van der Waals surface area contributed by atoms with Gasteiger partial charge in [-0.05, 0) is 25.0 Å². The Morgan fingerprint density at radius 3 is 2.67 bits per heavy atom. The van der Waals surface area contributed by atoms with Gasteiger partial charge in [-0.1, -0.05) is 20.8 Å². The largest absolute Gasteiger partial charge is 0.355 e. The van der Waals surface area contributed by atoms with E-state index in [2.05, 4.69) is 23.4 Å². The molecule has 6 nitrogen and oxygen atoms in total. The summed E-state index contributed by atoms with van der Waals surface area (Å²) in [4.78, 5) is 26.0. The molecule has 0 fully saturated rings. The van der Waals surface area contributed by atoms with Gasteiger partial charge < -0.3 is 5.32 Å². The van der Waals surface area contributed by atoms with Crippen molar-refractivity contribution in [1.82, 2.24) is 19.5 Å². The summed E-state index contributed by atoms with van der Waals surface area (Å²) in [5, 5.41) is 7.22. The number of aromatic nitrogens is 3. The van der Waals surface area contributed by atoms with E-state index in [0.29, 0.717) is 18.5 Å². The molecular weight excluding hydrogens is 324 g/mol. The molecule has 3 aromatic rings. The summed E-state index contributed by atoms with van der Waals surface area (Å²) >= 11 is 1.71. The molecule has 3 rings (SSSR count). The summed E-state index contributed by atoms with van der Waals surface area (Å²) in [6, 6.07) is 4.05. The highest BCUT2D eigenvalue weighted by atomic mass is 32.1. The molecule has 0 radical (unpaired) electrons. The molecule has 3 heterocycles. The van der Waals surface area contributed by atoms with Crippen LogP contribution in [-0.4, -0.2) is 26.6 Å². The Kier molecular flexibility index (Phi) is 4.71. The van der Waals surface area contributed by atoms with Crippen LogP contribution in [0.25, 0.3) is 15.7 Å². The van der Waals surface area contributed by atoms with E-state index in [1.807, 2.05) is 24.3 Å². The standard InChI is InChI=1S/C17H22N4O2S/c1-4-7-18-16(22)10-20-17(23)13-9-14-12(8-11(5-2)24-14)21(13)15(6-3)19-20/h8-9H,4-7,10H2,1-3H3,(H,18,22). The maximum Gasteiger partial charge on any atom is 0.291 e. The summed E-state index contributed by atoms with van der Waals surface area (Å²) in [5.74, 6) is 0.614. The van der Waals surface area contributed by atoms with E-state index in [1.165, 1.54) is 9.56 Å². The van der Waals surface area contributed by atoms with Gasteiger partial charge in [-0.25, -0.2) is 4.68 Å². The molecule has 0 saturated heterocycles. The van der Waals surface area contributed by atoms with Crippen molar-refractivity contribution in [2.75, 3.05) is 6.54 Å². The molecule has 0 atom stereocenters. The van der Waals surface area contributed by atoms with E-state index in [1.54, 1.807) is 11.3 Å². The van der Waals surface area contributed by atoms with Crippen LogP contribution < -0.4 is 10.9 Å². The highest BCUT2D eigenvalue weighted by Gasteiger charge is 2.16. The lowest BCUT2D eigenvalue weighted by molar-refractivity contribution is -0.121. The van der Waals surface area contributed by atoms with Gasteiger partial charge in [0.05, 0.1) is 10.2 Å². The first-order valence-electron chi connectivity index (χ1n) is 8.39. The first-order valence-corrected chi connectivity index (χ1v) is 9.21. The third-order valence-electron chi connectivity index (χ3n) is 4.02. The molecular formula is C17H22N4O2S. The van der Waals surface area contributed by atoms with Crippen LogP contribution in [0, 0.1) is 0 Å². The lowest BCUT2D eigenvalue weighted by atomic mass is 10.3. The molecule has 7 heteroatoms. The van der Waals surface area contributed by atoms with E-state index < -0.39 is 0 Å². The normalized spacial score (nSPS) is 11.5. The Bertz CT molecular complexity index is 951. The highest BCUT2D eigenvalue weighted by Crippen LogP contribution is 2.29. The van der Waals surface area contributed by atoms with E-state index in [4.69, 9.17) is 0 Å². The number of thiophene rings is 1. The van der Waals surface area contributed by atoms with E-state index in [0.717, 1.165) is 28.9 Å². The van der Waals surface area contributed by atoms with Crippen molar-refractivity contribution in [2.24, 2.45) is 0 Å². The SMILES string of the molecule is CCCNC(=O)Cn1nc(CC)n2c(cc3sc(CC)cc32)c1=O. The predicted molar refractivity (Wildman–Crippen MR) is 96.9 cm³/mol. The van der Waals surface area contributed by atoms with Crippen LogP contribution >= 0.6 is 11.3 Å². The van der Waals surface area contributed by atoms with Crippen molar-refractivity contribution in [3.05, 3.63) is 33.2 Å². The molecule has 0 unspecified atom stereocenters. The first-order chi connectivity index (χ1) is 11.6. The van der Waals surface area contributed by atoms with Gasteiger partial charge in [0.1, 0.15) is 17.9 Å². The number of carbonyl (C=O) groups excluding carboxylic acids is 1. The van der Waals surface area contributed by atoms with Crippen LogP contribution in [0.1, 0.15) is 37.9 Å². The van der Waals surface area contributed by atoms with Crippen LogP contribution in [0.2, 0.25) is 0 Å². The average Bonchev–Trinajstić information content (AvgIpc) is 3.13. The number of amides is 1. The maximum atomic E-state index is 12.7. The zero-order valence-electron chi connectivity index (χ0n) is 14.3. The van der Waals surface area contributed by atoms with Gasteiger partial charge in [-0.2, -0.15) is 5.10 Å². The summed E-state index contributed by atoms with van der Waals surface area (Å²) in [5.41, 5.74) is 1.41. The minimum atomic E-state index is -0.222. The summed E-state index contributed by atoms with van der Waals surface area (Å²) < 4.78 is 4.31. The molecule has 0 aliphatic carbocycles. The zero-order chi connectivity index (χ0) is 17.3. The fraction of sp³-hybridized carbons (Fsp3) is 0.471. The first kappa shape index (κ1) is 16.7. The van der Waals surface area contributed by atoms with Crippen LogP contribution in [0.15, 0.2) is 16.9 Å². The number of nitrogens with one attached hydrogen (secondary N) is 1. The third kappa shape index (κ3) is 2.84. The van der Waals surface area contributed by atoms with Crippen LogP contribution in [0.5, 0.6) is 0 Å². The van der Waals surface area contributed by atoms with Crippen LogP contribution in [0.3, 0.4) is 0 Å². The predicted octanol–water partition coefficient (Wildman–Crippen LogP) is 2.36. The molecule has 0 aromatic carbocycles. The van der Waals surface area contributed by atoms with Crippen molar-refractivity contribution >= 4 is 33.0 Å². The van der Waals surface area contributed by atoms with Crippen LogP contribution in [0.4, 0.5) is 0 Å². The summed E-state index contributed by atoms with van der Waals surface area (Å²) in [7, 11) is 0. The number of hydrogen-bond donors (Lipinski definition) is 1. The molecule has 0 saturated carbocycles. The summed E-state index contributed by atoms with van der Waals surface area (Å²) in [6.45, 7) is 6.69. The number of aryl methyl sites for hydroxylation is 2. The van der Waals surface area contributed by atoms with E-state index in [9.17, 15) is 9.59 Å². The van der Waals surface area contributed by atoms with E-state index >= 15 is 0 Å². The molecule has 128 valence electrons. The van der Waals surface area contributed by atoms with E-state index in [-0.39, 0.29) is 18.0 Å². The van der Waals surface area contributed by atoms with Crippen molar-refractivity contribution in [1.29, 1.82) is 0 Å². The van der Waals surface area contributed by atoms with Crippen molar-refractivity contribution in [3.63, 3.8) is 0 Å². The average molecular weight is 346 g/mol. The minimum Gasteiger partial charge on any atom is -0.355 e. The summed E-state index contributed by atoms with van der Waals surface area (Å²) in [6.07, 6.45) is 2.53. The number of nitrogens with zero attached hydrogens (tertiary/aromatic N) is 3. The van der Waals surface area contributed by atoms with Crippen molar-refractivity contribution < 1.29 is 4.79 Å². The molecule has 0 aliphatic heterocycles. The second-order valence-corrected chi connectivity index (χ2v) is 6.93. The fourth-order valence-electron chi connectivity index (χ4n) is 2.81. The van der Waals surface area contributed by atoms with Crippen molar-refractivity contribution in [3.8, 4) is 0 Å². The van der Waals surface area contributed by atoms with Gasteiger partial charge in [0.15, 0.2) is 0 Å². The number of rotatable bonds is 6. The number of fused-ring (bicyclic) bond motifs is 3. The quantitative estimate of drug-likeness (QED) is 0.745.